The van der Waals surface area contributed by atoms with Gasteiger partial charge in [-0.15, -0.1) is 0 Å². The number of hydrogen-bond donors (Lipinski definition) is 2. The highest BCUT2D eigenvalue weighted by Crippen LogP contribution is 2.37. The molecule has 1 aliphatic rings. The number of hydrogen-bond acceptors (Lipinski definition) is 6. The van der Waals surface area contributed by atoms with Crippen LogP contribution in [0.1, 0.15) is 32.4 Å². The van der Waals surface area contributed by atoms with E-state index in [1.54, 1.807) is 37.8 Å². The van der Waals surface area contributed by atoms with Crippen LogP contribution in [-0.4, -0.2) is 40.3 Å². The highest BCUT2D eigenvalue weighted by atomic mass is 16.6. The number of nitrogens with zero attached hydrogens (tertiary/aromatic N) is 1. The molecule has 134 valence electrons. The SMILES string of the molecule is CC(C)(C)OC(=O)[C@@H]1CN([C@H](C(=O)O)c2coc3ccccc23)[C@@H]1N. The van der Waals surface area contributed by atoms with E-state index in [2.05, 4.69) is 0 Å². The summed E-state index contributed by atoms with van der Waals surface area (Å²) in [6.07, 6.45) is 0.723. The lowest BCUT2D eigenvalue weighted by molar-refractivity contribution is -0.176. The summed E-state index contributed by atoms with van der Waals surface area (Å²) in [5.74, 6) is -1.98. The van der Waals surface area contributed by atoms with Gasteiger partial charge in [0, 0.05) is 17.5 Å². The largest absolute Gasteiger partial charge is 0.480 e. The number of carboxylic acids is 1. The molecular formula is C18H22N2O5. The summed E-state index contributed by atoms with van der Waals surface area (Å²) in [5, 5.41) is 10.4. The molecule has 0 unspecified atom stereocenters. The summed E-state index contributed by atoms with van der Waals surface area (Å²) in [4.78, 5) is 25.6. The number of carboxylic acid groups (broad SMARTS) is 1. The summed E-state index contributed by atoms with van der Waals surface area (Å²) in [5.41, 5.74) is 6.64. The molecule has 0 spiro atoms. The van der Waals surface area contributed by atoms with E-state index >= 15 is 0 Å². The van der Waals surface area contributed by atoms with Gasteiger partial charge in [0.1, 0.15) is 17.2 Å². The molecule has 0 radical (unpaired) electrons. The number of nitrogens with two attached hydrogens (primary N) is 1. The number of furan rings is 1. The summed E-state index contributed by atoms with van der Waals surface area (Å²) < 4.78 is 10.8. The Kier molecular flexibility index (Phi) is 4.30. The van der Waals surface area contributed by atoms with Crippen LogP contribution in [0, 0.1) is 5.92 Å². The van der Waals surface area contributed by atoms with Crippen LogP contribution in [0.4, 0.5) is 0 Å². The number of benzene rings is 1. The first-order valence-electron chi connectivity index (χ1n) is 8.12. The van der Waals surface area contributed by atoms with E-state index in [-0.39, 0.29) is 6.54 Å². The standard InChI is InChI=1S/C18H22N2O5/c1-18(2,3)25-17(23)11-8-20(15(11)19)14(16(21)22)12-9-24-13-7-5-4-6-10(12)13/h4-7,9,11,14-15H,8,19H2,1-3H3,(H,21,22)/t11-,14+,15+/m1/s1. The van der Waals surface area contributed by atoms with Crippen LogP contribution >= 0.6 is 0 Å². The minimum absolute atomic E-state index is 0.229. The van der Waals surface area contributed by atoms with Gasteiger partial charge in [0.15, 0.2) is 0 Å². The topological polar surface area (TPSA) is 106 Å². The molecule has 1 aliphatic heterocycles. The Morgan fingerprint density at radius 1 is 1.36 bits per heavy atom. The van der Waals surface area contributed by atoms with Gasteiger partial charge in [0.2, 0.25) is 0 Å². The van der Waals surface area contributed by atoms with Gasteiger partial charge in [0.25, 0.3) is 0 Å². The molecular weight excluding hydrogens is 324 g/mol. The number of esters is 1. The van der Waals surface area contributed by atoms with Gasteiger partial charge in [0.05, 0.1) is 18.3 Å². The van der Waals surface area contributed by atoms with Crippen molar-refractivity contribution in [2.24, 2.45) is 11.7 Å². The number of para-hydroxylation sites is 1. The molecule has 0 amide bonds. The zero-order valence-corrected chi connectivity index (χ0v) is 14.4. The summed E-state index contributed by atoms with van der Waals surface area (Å²) in [6.45, 7) is 5.58. The second-order valence-corrected chi connectivity index (χ2v) is 7.26. The van der Waals surface area contributed by atoms with Crippen LogP contribution in [0.3, 0.4) is 0 Å². The van der Waals surface area contributed by atoms with Crippen molar-refractivity contribution in [2.75, 3.05) is 6.54 Å². The molecule has 1 fully saturated rings. The van der Waals surface area contributed by atoms with Crippen molar-refractivity contribution < 1.29 is 23.8 Å². The first-order chi connectivity index (χ1) is 11.7. The Morgan fingerprint density at radius 2 is 2.04 bits per heavy atom. The second kappa shape index (κ2) is 6.16. The maximum Gasteiger partial charge on any atom is 0.325 e. The van der Waals surface area contributed by atoms with E-state index in [1.165, 1.54) is 6.26 Å². The predicted molar refractivity (Wildman–Crippen MR) is 90.6 cm³/mol. The van der Waals surface area contributed by atoms with Crippen LogP contribution in [-0.2, 0) is 14.3 Å². The first kappa shape index (κ1) is 17.4. The third-order valence-corrected chi connectivity index (χ3v) is 4.28. The molecule has 1 aromatic heterocycles. The smallest absolute Gasteiger partial charge is 0.325 e. The third-order valence-electron chi connectivity index (χ3n) is 4.28. The molecule has 2 aromatic rings. The van der Waals surface area contributed by atoms with Gasteiger partial charge in [-0.05, 0) is 26.8 Å². The van der Waals surface area contributed by atoms with Gasteiger partial charge in [-0.2, -0.15) is 0 Å². The van der Waals surface area contributed by atoms with Gasteiger partial charge < -0.3 is 20.0 Å². The molecule has 0 aliphatic carbocycles. The Morgan fingerprint density at radius 3 is 2.64 bits per heavy atom. The minimum atomic E-state index is -1.04. The zero-order chi connectivity index (χ0) is 18.4. The Bertz CT molecular complexity index is 807. The average molecular weight is 346 g/mol. The highest BCUT2D eigenvalue weighted by Gasteiger charge is 2.49. The number of rotatable bonds is 4. The van der Waals surface area contributed by atoms with Crippen LogP contribution < -0.4 is 5.73 Å². The van der Waals surface area contributed by atoms with Crippen molar-refractivity contribution in [1.29, 1.82) is 0 Å². The molecule has 0 saturated carbocycles. The van der Waals surface area contributed by atoms with E-state index in [9.17, 15) is 14.7 Å². The lowest BCUT2D eigenvalue weighted by atomic mass is 9.90. The summed E-state index contributed by atoms with van der Waals surface area (Å²) in [6, 6.07) is 6.24. The van der Waals surface area contributed by atoms with Crippen LogP contribution in [0.5, 0.6) is 0 Å². The molecule has 1 aromatic carbocycles. The zero-order valence-electron chi connectivity index (χ0n) is 14.4. The summed E-state index contributed by atoms with van der Waals surface area (Å²) >= 11 is 0. The number of carbonyl (C=O) groups is 2. The number of aliphatic carboxylic acids is 1. The highest BCUT2D eigenvalue weighted by molar-refractivity contribution is 5.88. The van der Waals surface area contributed by atoms with Crippen molar-refractivity contribution in [2.45, 2.75) is 38.6 Å². The van der Waals surface area contributed by atoms with Crippen molar-refractivity contribution in [3.05, 3.63) is 36.1 Å². The van der Waals surface area contributed by atoms with Crippen LogP contribution in [0.25, 0.3) is 11.0 Å². The van der Waals surface area contributed by atoms with Crippen molar-refractivity contribution in [3.8, 4) is 0 Å². The predicted octanol–water partition coefficient (Wildman–Crippen LogP) is 2.12. The maximum atomic E-state index is 12.2. The number of carbonyl (C=O) groups excluding carboxylic acids is 1. The number of likely N-dealkylation sites (tertiary alicyclic amines) is 1. The van der Waals surface area contributed by atoms with Gasteiger partial charge in [-0.25, -0.2) is 0 Å². The monoisotopic (exact) mass is 346 g/mol. The molecule has 1 saturated heterocycles. The maximum absolute atomic E-state index is 12.2. The van der Waals surface area contributed by atoms with Crippen LogP contribution in [0.15, 0.2) is 34.9 Å². The fraction of sp³-hybridized carbons (Fsp3) is 0.444. The fourth-order valence-electron chi connectivity index (χ4n) is 3.08. The van der Waals surface area contributed by atoms with E-state index in [0.29, 0.717) is 11.1 Å². The van der Waals surface area contributed by atoms with E-state index in [0.717, 1.165) is 5.39 Å². The van der Waals surface area contributed by atoms with Crippen molar-refractivity contribution in [3.63, 3.8) is 0 Å². The molecule has 7 heteroatoms. The minimum Gasteiger partial charge on any atom is -0.480 e. The fourth-order valence-corrected chi connectivity index (χ4v) is 3.08. The quantitative estimate of drug-likeness (QED) is 0.817. The van der Waals surface area contributed by atoms with Crippen molar-refractivity contribution >= 4 is 22.9 Å². The Balaban J connectivity index is 1.82. The average Bonchev–Trinajstić information content (AvgIpc) is 2.92. The molecule has 3 N–H and O–H groups in total. The number of ether oxygens (including phenoxy) is 1. The second-order valence-electron chi connectivity index (χ2n) is 7.26. The first-order valence-corrected chi connectivity index (χ1v) is 8.12. The van der Waals surface area contributed by atoms with Gasteiger partial charge in [-0.1, -0.05) is 18.2 Å². The Labute approximate surface area is 145 Å². The van der Waals surface area contributed by atoms with Gasteiger partial charge >= 0.3 is 11.9 Å². The molecule has 7 nitrogen and oxygen atoms in total. The molecule has 25 heavy (non-hydrogen) atoms. The van der Waals surface area contributed by atoms with Gasteiger partial charge in [-0.3, -0.25) is 14.5 Å². The molecule has 3 atom stereocenters. The van der Waals surface area contributed by atoms with E-state index in [1.807, 2.05) is 12.1 Å². The van der Waals surface area contributed by atoms with Crippen LogP contribution in [0.2, 0.25) is 0 Å². The lowest BCUT2D eigenvalue weighted by Gasteiger charge is -2.47. The summed E-state index contributed by atoms with van der Waals surface area (Å²) in [7, 11) is 0. The molecule has 3 rings (SSSR count). The van der Waals surface area contributed by atoms with E-state index < -0.39 is 35.7 Å². The normalized spacial score (nSPS) is 22.4. The molecule has 2 heterocycles. The molecule has 0 bridgehead atoms. The lowest BCUT2D eigenvalue weighted by Crippen LogP contribution is -2.66. The number of fused-ring (bicyclic) bond motifs is 1. The Hall–Kier alpha value is -2.38. The van der Waals surface area contributed by atoms with Crippen molar-refractivity contribution in [1.82, 2.24) is 4.90 Å². The van der Waals surface area contributed by atoms with E-state index in [4.69, 9.17) is 14.9 Å². The third kappa shape index (κ3) is 3.25.